The van der Waals surface area contributed by atoms with Gasteiger partial charge in [-0.3, -0.25) is 0 Å². The standard InChI is InChI=1S/C14H19FN2O2S/c15-12-2-1-3-13(10-12)20(18,19)17-9-6-14(11-17)4-7-16-8-5-14/h1-3,10,16H,4-9,11H2. The first-order valence-electron chi connectivity index (χ1n) is 6.98. The zero-order valence-electron chi connectivity index (χ0n) is 11.3. The maximum atomic E-state index is 13.2. The highest BCUT2D eigenvalue weighted by Gasteiger charge is 2.43. The highest BCUT2D eigenvalue weighted by Crippen LogP contribution is 2.40. The zero-order valence-corrected chi connectivity index (χ0v) is 12.1. The summed E-state index contributed by atoms with van der Waals surface area (Å²) in [4.78, 5) is 0.0588. The second kappa shape index (κ2) is 5.09. The van der Waals surface area contributed by atoms with Gasteiger partial charge < -0.3 is 5.32 Å². The van der Waals surface area contributed by atoms with Crippen LogP contribution in [-0.2, 0) is 10.0 Å². The van der Waals surface area contributed by atoms with E-state index in [0.29, 0.717) is 13.1 Å². The third-order valence-corrected chi connectivity index (χ3v) is 6.34. The fraction of sp³-hybridized carbons (Fsp3) is 0.571. The molecule has 0 amide bonds. The molecule has 0 bridgehead atoms. The van der Waals surface area contributed by atoms with Gasteiger partial charge in [0.1, 0.15) is 5.82 Å². The molecular weight excluding hydrogens is 279 g/mol. The van der Waals surface area contributed by atoms with Crippen molar-refractivity contribution in [3.05, 3.63) is 30.1 Å². The summed E-state index contributed by atoms with van der Waals surface area (Å²) >= 11 is 0. The number of hydrogen-bond donors (Lipinski definition) is 1. The molecular formula is C14H19FN2O2S. The molecule has 6 heteroatoms. The van der Waals surface area contributed by atoms with Gasteiger partial charge in [0.15, 0.2) is 0 Å². The SMILES string of the molecule is O=S(=O)(c1cccc(F)c1)N1CCC2(CCNCC2)C1. The van der Waals surface area contributed by atoms with Crippen LogP contribution in [0.1, 0.15) is 19.3 Å². The van der Waals surface area contributed by atoms with Crippen molar-refractivity contribution in [1.29, 1.82) is 0 Å². The molecule has 0 saturated carbocycles. The van der Waals surface area contributed by atoms with E-state index in [1.807, 2.05) is 0 Å². The van der Waals surface area contributed by atoms with Crippen LogP contribution in [0.4, 0.5) is 4.39 Å². The van der Waals surface area contributed by atoms with Crippen molar-refractivity contribution in [2.24, 2.45) is 5.41 Å². The molecule has 1 aromatic carbocycles. The Kier molecular flexibility index (Phi) is 3.56. The van der Waals surface area contributed by atoms with Gasteiger partial charge in [-0.05, 0) is 56.0 Å². The zero-order chi connectivity index (χ0) is 14.2. The van der Waals surface area contributed by atoms with Crippen molar-refractivity contribution in [2.45, 2.75) is 24.2 Å². The molecule has 1 N–H and O–H groups in total. The van der Waals surface area contributed by atoms with E-state index in [9.17, 15) is 12.8 Å². The molecule has 3 rings (SSSR count). The Morgan fingerprint density at radius 2 is 1.95 bits per heavy atom. The third-order valence-electron chi connectivity index (χ3n) is 4.50. The molecule has 1 aromatic rings. The van der Waals surface area contributed by atoms with Crippen molar-refractivity contribution in [3.63, 3.8) is 0 Å². The van der Waals surface area contributed by atoms with Gasteiger partial charge in [-0.1, -0.05) is 6.07 Å². The molecule has 2 aliphatic heterocycles. The van der Waals surface area contributed by atoms with Crippen molar-refractivity contribution >= 4 is 10.0 Å². The summed E-state index contributed by atoms with van der Waals surface area (Å²) in [6.45, 7) is 3.01. The van der Waals surface area contributed by atoms with Crippen molar-refractivity contribution in [3.8, 4) is 0 Å². The van der Waals surface area contributed by atoms with Crippen molar-refractivity contribution < 1.29 is 12.8 Å². The largest absolute Gasteiger partial charge is 0.317 e. The maximum absolute atomic E-state index is 13.2. The smallest absolute Gasteiger partial charge is 0.243 e. The summed E-state index contributed by atoms with van der Waals surface area (Å²) in [7, 11) is -3.56. The Morgan fingerprint density at radius 3 is 2.65 bits per heavy atom. The van der Waals surface area contributed by atoms with Gasteiger partial charge in [-0.25, -0.2) is 12.8 Å². The number of halogens is 1. The van der Waals surface area contributed by atoms with Gasteiger partial charge in [-0.2, -0.15) is 4.31 Å². The van der Waals surface area contributed by atoms with E-state index in [0.717, 1.165) is 38.4 Å². The first kappa shape index (κ1) is 14.0. The minimum atomic E-state index is -3.56. The van der Waals surface area contributed by atoms with Gasteiger partial charge in [-0.15, -0.1) is 0 Å². The molecule has 20 heavy (non-hydrogen) atoms. The topological polar surface area (TPSA) is 49.4 Å². The lowest BCUT2D eigenvalue weighted by molar-refractivity contribution is 0.218. The predicted molar refractivity (Wildman–Crippen MR) is 74.3 cm³/mol. The fourth-order valence-electron chi connectivity index (χ4n) is 3.24. The molecule has 0 aliphatic carbocycles. The molecule has 0 atom stereocenters. The van der Waals surface area contributed by atoms with E-state index in [2.05, 4.69) is 5.32 Å². The van der Waals surface area contributed by atoms with Crippen LogP contribution < -0.4 is 5.32 Å². The Hall–Kier alpha value is -0.980. The van der Waals surface area contributed by atoms with E-state index in [1.54, 1.807) is 0 Å². The lowest BCUT2D eigenvalue weighted by Crippen LogP contribution is -2.39. The molecule has 2 fully saturated rings. The average Bonchev–Trinajstić information content (AvgIpc) is 2.84. The van der Waals surface area contributed by atoms with Crippen molar-refractivity contribution in [2.75, 3.05) is 26.2 Å². The van der Waals surface area contributed by atoms with E-state index < -0.39 is 15.8 Å². The summed E-state index contributed by atoms with van der Waals surface area (Å²) in [6.07, 6.45) is 2.94. The summed E-state index contributed by atoms with van der Waals surface area (Å²) in [5.74, 6) is -0.512. The first-order chi connectivity index (χ1) is 9.52. The average molecular weight is 298 g/mol. The number of nitrogens with one attached hydrogen (secondary N) is 1. The van der Waals surface area contributed by atoms with Crippen LogP contribution in [0.5, 0.6) is 0 Å². The van der Waals surface area contributed by atoms with E-state index in [-0.39, 0.29) is 10.3 Å². The Bertz CT molecular complexity index is 597. The minimum absolute atomic E-state index is 0.0588. The van der Waals surface area contributed by atoms with Gasteiger partial charge in [0, 0.05) is 13.1 Å². The number of hydrogen-bond acceptors (Lipinski definition) is 3. The number of rotatable bonds is 2. The van der Waals surface area contributed by atoms with Gasteiger partial charge in [0.05, 0.1) is 4.90 Å². The quantitative estimate of drug-likeness (QED) is 0.902. The van der Waals surface area contributed by atoms with Crippen LogP contribution in [0.3, 0.4) is 0 Å². The molecule has 2 saturated heterocycles. The molecule has 110 valence electrons. The van der Waals surface area contributed by atoms with Crippen LogP contribution in [-0.4, -0.2) is 38.9 Å². The lowest BCUT2D eigenvalue weighted by Gasteiger charge is -2.33. The van der Waals surface area contributed by atoms with E-state index in [4.69, 9.17) is 0 Å². The number of nitrogens with zero attached hydrogens (tertiary/aromatic N) is 1. The monoisotopic (exact) mass is 298 g/mol. The molecule has 2 aliphatic rings. The van der Waals surface area contributed by atoms with Crippen LogP contribution in [0.2, 0.25) is 0 Å². The highest BCUT2D eigenvalue weighted by atomic mass is 32.2. The van der Waals surface area contributed by atoms with E-state index >= 15 is 0 Å². The molecule has 0 radical (unpaired) electrons. The lowest BCUT2D eigenvalue weighted by atomic mass is 9.78. The fourth-order valence-corrected chi connectivity index (χ4v) is 4.83. The van der Waals surface area contributed by atoms with Crippen LogP contribution in [0.25, 0.3) is 0 Å². The Balaban J connectivity index is 1.83. The minimum Gasteiger partial charge on any atom is -0.317 e. The van der Waals surface area contributed by atoms with Crippen molar-refractivity contribution in [1.82, 2.24) is 9.62 Å². The second-order valence-corrected chi connectivity index (χ2v) is 7.73. The summed E-state index contributed by atoms with van der Waals surface area (Å²) in [5, 5.41) is 3.31. The molecule has 2 heterocycles. The predicted octanol–water partition coefficient (Wildman–Crippen LogP) is 1.59. The summed E-state index contributed by atoms with van der Waals surface area (Å²) < 4.78 is 39.9. The maximum Gasteiger partial charge on any atom is 0.243 e. The molecule has 1 spiro atoms. The van der Waals surface area contributed by atoms with Crippen LogP contribution in [0, 0.1) is 11.2 Å². The van der Waals surface area contributed by atoms with Crippen LogP contribution in [0.15, 0.2) is 29.2 Å². The molecule has 4 nitrogen and oxygen atoms in total. The second-order valence-electron chi connectivity index (χ2n) is 5.80. The number of piperidine rings is 1. The Morgan fingerprint density at radius 1 is 1.20 bits per heavy atom. The van der Waals surface area contributed by atoms with Crippen LogP contribution >= 0.6 is 0 Å². The number of benzene rings is 1. The third kappa shape index (κ3) is 2.47. The molecule has 0 unspecified atom stereocenters. The number of sulfonamides is 1. The van der Waals surface area contributed by atoms with Gasteiger partial charge in [0.2, 0.25) is 10.0 Å². The first-order valence-corrected chi connectivity index (χ1v) is 8.42. The Labute approximate surface area is 119 Å². The summed E-state index contributed by atoms with van der Waals surface area (Å²) in [5.41, 5.74) is 0.117. The van der Waals surface area contributed by atoms with E-state index in [1.165, 1.54) is 22.5 Å². The highest BCUT2D eigenvalue weighted by molar-refractivity contribution is 7.89. The van der Waals surface area contributed by atoms with Gasteiger partial charge >= 0.3 is 0 Å². The molecule has 0 aromatic heterocycles. The van der Waals surface area contributed by atoms with Gasteiger partial charge in [0.25, 0.3) is 0 Å². The summed E-state index contributed by atoms with van der Waals surface area (Å²) in [6, 6.07) is 5.27. The normalized spacial score (nSPS) is 23.2.